The van der Waals surface area contributed by atoms with E-state index in [1.807, 2.05) is 11.8 Å². The molecule has 0 unspecified atom stereocenters. The number of likely N-dealkylation sites (tertiary alicyclic amines) is 1. The van der Waals surface area contributed by atoms with Crippen molar-refractivity contribution in [3.8, 4) is 0 Å². The number of carbonyl (C=O) groups excluding carboxylic acids is 3. The Hall–Kier alpha value is -2.54. The Morgan fingerprint density at radius 3 is 2.60 bits per heavy atom. The molecule has 0 spiro atoms. The molecule has 1 aliphatic heterocycles. The number of Topliss-reactive ketones (excluding diaryl/α,β-unsaturated/α-hetero) is 1. The number of aromatic nitrogens is 2. The number of thioether (sulfide) groups is 1. The molecule has 0 radical (unpaired) electrons. The molecule has 12 heteroatoms. The lowest BCUT2D eigenvalue weighted by molar-refractivity contribution is -0.205. The average Bonchev–Trinajstić information content (AvgIpc) is 3.35. The van der Waals surface area contributed by atoms with E-state index in [2.05, 4.69) is 42.6 Å². The van der Waals surface area contributed by atoms with Crippen LogP contribution in [0.3, 0.4) is 0 Å². The second-order valence-corrected chi connectivity index (χ2v) is 15.3. The van der Waals surface area contributed by atoms with Crippen LogP contribution < -0.4 is 11.1 Å². The Labute approximate surface area is 270 Å². The molecule has 4 fully saturated rings. The van der Waals surface area contributed by atoms with Crippen LogP contribution in [0, 0.1) is 34.0 Å². The van der Waals surface area contributed by atoms with Crippen LogP contribution in [0.1, 0.15) is 72.6 Å². The molecular weight excluding hydrogens is 594 g/mol. The van der Waals surface area contributed by atoms with E-state index in [1.165, 1.54) is 6.07 Å². The summed E-state index contributed by atoms with van der Waals surface area (Å²) in [6.07, 6.45) is 4.75. The van der Waals surface area contributed by atoms with Gasteiger partial charge >= 0.3 is 5.97 Å². The van der Waals surface area contributed by atoms with E-state index in [0.717, 1.165) is 31.0 Å². The topological polar surface area (TPSA) is 168 Å². The predicted molar refractivity (Wildman–Crippen MR) is 172 cm³/mol. The van der Waals surface area contributed by atoms with Crippen LogP contribution in [-0.2, 0) is 19.1 Å². The van der Waals surface area contributed by atoms with E-state index in [4.69, 9.17) is 10.5 Å². The first-order valence-electron chi connectivity index (χ1n) is 16.2. The maximum Gasteiger partial charge on any atom is 0.316 e. The van der Waals surface area contributed by atoms with Gasteiger partial charge in [-0.25, -0.2) is 9.97 Å². The lowest BCUT2D eigenvalue weighted by Gasteiger charge is -2.61. The summed E-state index contributed by atoms with van der Waals surface area (Å²) in [5.41, 5.74) is 4.36. The first-order chi connectivity index (χ1) is 21.2. The van der Waals surface area contributed by atoms with Gasteiger partial charge in [0.15, 0.2) is 5.16 Å². The zero-order chi connectivity index (χ0) is 32.7. The molecule has 1 saturated heterocycles. The number of amides is 1. The largest absolute Gasteiger partial charge is 0.461 e. The maximum atomic E-state index is 13.6. The first kappa shape index (κ1) is 33.8. The molecule has 45 heavy (non-hydrogen) atoms. The second-order valence-electron chi connectivity index (χ2n) is 14.4. The molecule has 3 saturated carbocycles. The van der Waals surface area contributed by atoms with Gasteiger partial charge < -0.3 is 26.0 Å². The molecule has 1 aromatic heterocycles. The van der Waals surface area contributed by atoms with E-state index in [-0.39, 0.29) is 70.1 Å². The molecule has 2 heterocycles. The van der Waals surface area contributed by atoms with Crippen LogP contribution in [0.15, 0.2) is 23.9 Å². The van der Waals surface area contributed by atoms with Crippen molar-refractivity contribution in [1.29, 1.82) is 0 Å². The van der Waals surface area contributed by atoms with Crippen molar-refractivity contribution < 1.29 is 29.3 Å². The predicted octanol–water partition coefficient (Wildman–Crippen LogP) is 3.45. The summed E-state index contributed by atoms with van der Waals surface area (Å²) in [7, 11) is 0. The second kappa shape index (κ2) is 12.9. The molecule has 11 nitrogen and oxygen atoms in total. The normalized spacial score (nSPS) is 37.3. The Kier molecular flexibility index (Phi) is 9.71. The van der Waals surface area contributed by atoms with E-state index in [0.29, 0.717) is 38.8 Å². The number of hydrogen-bond acceptors (Lipinski definition) is 11. The minimum atomic E-state index is -0.729. The van der Waals surface area contributed by atoms with Gasteiger partial charge in [-0.1, -0.05) is 45.5 Å². The number of aliphatic hydroxyl groups excluding tert-OH is 2. The van der Waals surface area contributed by atoms with Gasteiger partial charge in [0, 0.05) is 42.3 Å². The Balaban J connectivity index is 1.30. The summed E-state index contributed by atoms with van der Waals surface area (Å²) in [4.78, 5) is 50.4. The molecule has 3 aliphatic carbocycles. The lowest BCUT2D eigenvalue weighted by atomic mass is 9.44. The van der Waals surface area contributed by atoms with Crippen molar-refractivity contribution in [3.05, 3.63) is 18.7 Å². The van der Waals surface area contributed by atoms with Crippen LogP contribution in [0.25, 0.3) is 0 Å². The molecular formula is C33H49N5O6S. The number of nitrogen functional groups attached to an aromatic ring is 1. The minimum absolute atomic E-state index is 0.0958. The van der Waals surface area contributed by atoms with Crippen molar-refractivity contribution in [1.82, 2.24) is 14.9 Å². The molecule has 248 valence electrons. The number of rotatable bonds is 8. The van der Waals surface area contributed by atoms with Crippen molar-refractivity contribution in [3.63, 3.8) is 0 Å². The quantitative estimate of drug-likeness (QED) is 0.142. The zero-order valence-corrected chi connectivity index (χ0v) is 27.8. The van der Waals surface area contributed by atoms with Crippen molar-refractivity contribution in [2.45, 2.75) is 96.1 Å². The number of aliphatic hydroxyl groups is 2. The van der Waals surface area contributed by atoms with E-state index in [1.54, 1.807) is 6.08 Å². The fourth-order valence-corrected chi connectivity index (χ4v) is 9.50. The number of hydrogen-bond donors (Lipinski definition) is 4. The highest BCUT2D eigenvalue weighted by atomic mass is 32.2. The average molecular weight is 644 g/mol. The van der Waals surface area contributed by atoms with Crippen LogP contribution in [0.4, 0.5) is 11.6 Å². The monoisotopic (exact) mass is 643 g/mol. The number of carbonyl (C=O) groups is 3. The van der Waals surface area contributed by atoms with Crippen LogP contribution in [0.5, 0.6) is 0 Å². The lowest BCUT2D eigenvalue weighted by Crippen LogP contribution is -2.63. The summed E-state index contributed by atoms with van der Waals surface area (Å²) in [6.45, 7) is 13.8. The van der Waals surface area contributed by atoms with E-state index < -0.39 is 29.0 Å². The van der Waals surface area contributed by atoms with Crippen molar-refractivity contribution >= 4 is 41.1 Å². The van der Waals surface area contributed by atoms with Gasteiger partial charge in [0.25, 0.3) is 0 Å². The molecule has 5 N–H and O–H groups in total. The summed E-state index contributed by atoms with van der Waals surface area (Å²) in [5.74, 6) is -0.472. The fourth-order valence-electron chi connectivity index (χ4n) is 8.85. The number of nitrogens with zero attached hydrogens (tertiary/aromatic N) is 3. The minimum Gasteiger partial charge on any atom is -0.461 e. The third-order valence-electron chi connectivity index (χ3n) is 11.8. The molecule has 4 aliphatic rings. The molecule has 1 aromatic rings. The van der Waals surface area contributed by atoms with Crippen molar-refractivity contribution in [2.24, 2.45) is 34.0 Å². The SMILES string of the molecule is C=C[C@]1(C)C[C@@H](OC(=O)CSc2nc(N)cc(NC(=O)CN3CCC(O)CC3)n2)[C@]2(C)[C@H](C)CC[C@]3(CCC(=O)[C@H]32)[C@@H](C)[C@@H]1O. The number of ether oxygens (including phenoxy) is 1. The molecule has 2 bridgehead atoms. The van der Waals surface area contributed by atoms with Gasteiger partial charge in [0.2, 0.25) is 5.91 Å². The summed E-state index contributed by atoms with van der Waals surface area (Å²) < 4.78 is 6.31. The molecule has 8 atom stereocenters. The molecule has 0 aromatic carbocycles. The van der Waals surface area contributed by atoms with Gasteiger partial charge in [-0.3, -0.25) is 19.3 Å². The number of nitrogens with two attached hydrogens (primary N) is 1. The Bertz CT molecular complexity index is 1320. The molecule has 5 rings (SSSR count). The van der Waals surface area contributed by atoms with Crippen LogP contribution in [0.2, 0.25) is 0 Å². The highest BCUT2D eigenvalue weighted by molar-refractivity contribution is 7.99. The summed E-state index contributed by atoms with van der Waals surface area (Å²) in [6, 6.07) is 1.47. The van der Waals surface area contributed by atoms with Gasteiger partial charge in [-0.15, -0.1) is 6.58 Å². The standard InChI is InChI=1S/C33H49N5O6S/c1-6-31(4)16-23(32(5)19(2)7-11-33(20(3)29(31)43)12-8-22(40)28(32)33)44-27(42)18-45-30-35-24(34)15-25(37-30)36-26(41)17-38-13-9-21(39)10-14-38/h6,15,19-21,23,28-29,39,43H,1,7-14,16-18H2,2-5H3,(H3,34,35,36,37,41)/t19-,20+,23-,28+,29+,31-,32+,33+/m1/s1. The van der Waals surface area contributed by atoms with Crippen molar-refractivity contribution in [2.75, 3.05) is 36.4 Å². The fraction of sp³-hybridized carbons (Fsp3) is 0.727. The van der Waals surface area contributed by atoms with E-state index >= 15 is 0 Å². The maximum absolute atomic E-state index is 13.6. The number of nitrogens with one attached hydrogen (secondary N) is 1. The summed E-state index contributed by atoms with van der Waals surface area (Å²) in [5, 5.41) is 24.4. The number of ketones is 1. The Morgan fingerprint density at radius 2 is 1.91 bits per heavy atom. The summed E-state index contributed by atoms with van der Waals surface area (Å²) >= 11 is 1.06. The third-order valence-corrected chi connectivity index (χ3v) is 12.6. The highest BCUT2D eigenvalue weighted by Gasteiger charge is 2.68. The number of anilines is 2. The Morgan fingerprint density at radius 1 is 1.20 bits per heavy atom. The van der Waals surface area contributed by atoms with Gasteiger partial charge in [0.1, 0.15) is 23.5 Å². The zero-order valence-electron chi connectivity index (χ0n) is 27.0. The highest BCUT2D eigenvalue weighted by Crippen LogP contribution is 2.68. The van der Waals surface area contributed by atoms with Crippen LogP contribution in [-0.4, -0.2) is 86.4 Å². The van der Waals surface area contributed by atoms with Crippen LogP contribution >= 0.6 is 11.8 Å². The first-order valence-corrected chi connectivity index (χ1v) is 17.2. The van der Waals surface area contributed by atoms with Gasteiger partial charge in [-0.05, 0) is 55.8 Å². The van der Waals surface area contributed by atoms with Gasteiger partial charge in [-0.2, -0.15) is 0 Å². The third kappa shape index (κ3) is 6.40. The molecule has 1 amide bonds. The van der Waals surface area contributed by atoms with Gasteiger partial charge in [0.05, 0.1) is 24.5 Å². The smallest absolute Gasteiger partial charge is 0.316 e. The number of piperidine rings is 1. The number of esters is 1. The van der Waals surface area contributed by atoms with E-state index in [9.17, 15) is 24.6 Å².